The van der Waals surface area contributed by atoms with E-state index in [4.69, 9.17) is 9.68 Å². The number of nitrogens with one attached hydrogen (secondary N) is 2. The Bertz CT molecular complexity index is 481. The van der Waals surface area contributed by atoms with Gasteiger partial charge in [0.1, 0.15) is 17.4 Å². The van der Waals surface area contributed by atoms with Crippen LogP contribution in [0.4, 0.5) is 0 Å². The molecule has 2 heterocycles. The summed E-state index contributed by atoms with van der Waals surface area (Å²) in [5, 5.41) is 15.1. The van der Waals surface area contributed by atoms with Crippen LogP contribution in [0.3, 0.4) is 0 Å². The van der Waals surface area contributed by atoms with Gasteiger partial charge in [-0.2, -0.15) is 5.26 Å². The smallest absolute Gasteiger partial charge is 0.266 e. The van der Waals surface area contributed by atoms with E-state index < -0.39 is 0 Å². The zero-order valence-corrected chi connectivity index (χ0v) is 10.6. The first-order valence-electron chi connectivity index (χ1n) is 6.17. The topological polar surface area (TPSA) is 81.3 Å². The van der Waals surface area contributed by atoms with E-state index in [1.165, 1.54) is 6.20 Å². The highest BCUT2D eigenvalue weighted by atomic mass is 16.3. The lowest BCUT2D eigenvalue weighted by Crippen LogP contribution is -2.46. The maximum atomic E-state index is 12.1. The summed E-state index contributed by atoms with van der Waals surface area (Å²) < 4.78 is 5.15. The van der Waals surface area contributed by atoms with Crippen molar-refractivity contribution in [2.45, 2.75) is 6.54 Å². The van der Waals surface area contributed by atoms with E-state index in [9.17, 15) is 4.79 Å². The molecule has 100 valence electrons. The molecule has 0 spiro atoms. The highest BCUT2D eigenvalue weighted by molar-refractivity contribution is 5.97. The van der Waals surface area contributed by atoms with Crippen LogP contribution in [0.2, 0.25) is 0 Å². The standard InChI is InChI=1S/C13H16N4O2/c14-8-11(9-16-10-12-2-1-7-19-12)13(18)17-5-3-15-4-6-17/h1-2,7,9,15-16H,3-6,10H2/b11-9-. The number of rotatable bonds is 4. The van der Waals surface area contributed by atoms with Crippen molar-refractivity contribution in [3.05, 3.63) is 35.9 Å². The van der Waals surface area contributed by atoms with Crippen LogP contribution in [-0.2, 0) is 11.3 Å². The number of nitrogens with zero attached hydrogens (tertiary/aromatic N) is 2. The Hall–Kier alpha value is -2.26. The predicted octanol–water partition coefficient (Wildman–Crippen LogP) is 0.208. The van der Waals surface area contributed by atoms with Gasteiger partial charge in [-0.25, -0.2) is 0 Å². The molecule has 0 radical (unpaired) electrons. The lowest BCUT2D eigenvalue weighted by Gasteiger charge is -2.27. The van der Waals surface area contributed by atoms with Crippen LogP contribution in [0, 0.1) is 11.3 Å². The highest BCUT2D eigenvalue weighted by Crippen LogP contribution is 2.03. The van der Waals surface area contributed by atoms with Crippen LogP contribution in [0.15, 0.2) is 34.6 Å². The van der Waals surface area contributed by atoms with E-state index in [0.717, 1.165) is 18.8 Å². The monoisotopic (exact) mass is 260 g/mol. The lowest BCUT2D eigenvalue weighted by molar-refractivity contribution is -0.127. The van der Waals surface area contributed by atoms with E-state index in [0.29, 0.717) is 19.6 Å². The summed E-state index contributed by atoms with van der Waals surface area (Å²) in [5.74, 6) is 0.527. The molecule has 19 heavy (non-hydrogen) atoms. The second-order valence-electron chi connectivity index (χ2n) is 4.17. The Morgan fingerprint density at radius 2 is 2.37 bits per heavy atom. The molecule has 1 aliphatic rings. The lowest BCUT2D eigenvalue weighted by atomic mass is 10.2. The van der Waals surface area contributed by atoms with Crippen LogP contribution in [0.1, 0.15) is 5.76 Å². The van der Waals surface area contributed by atoms with Crippen LogP contribution in [0.25, 0.3) is 0 Å². The zero-order chi connectivity index (χ0) is 13.5. The van der Waals surface area contributed by atoms with Crippen LogP contribution >= 0.6 is 0 Å². The third-order valence-electron chi connectivity index (χ3n) is 2.86. The van der Waals surface area contributed by atoms with Gasteiger partial charge >= 0.3 is 0 Å². The SMILES string of the molecule is N#C/C(=C/NCc1ccco1)C(=O)N1CCNCC1. The van der Waals surface area contributed by atoms with E-state index in [1.807, 2.05) is 12.1 Å². The second-order valence-corrected chi connectivity index (χ2v) is 4.17. The Morgan fingerprint density at radius 1 is 1.58 bits per heavy atom. The fraction of sp³-hybridized carbons (Fsp3) is 0.385. The first-order valence-corrected chi connectivity index (χ1v) is 6.17. The first kappa shape index (κ1) is 13.2. The van der Waals surface area contributed by atoms with Crippen molar-refractivity contribution in [1.82, 2.24) is 15.5 Å². The van der Waals surface area contributed by atoms with E-state index in [2.05, 4.69) is 10.6 Å². The molecule has 6 nitrogen and oxygen atoms in total. The molecule has 0 atom stereocenters. The molecule has 0 aromatic carbocycles. The number of carbonyl (C=O) groups is 1. The van der Waals surface area contributed by atoms with Gasteiger partial charge in [-0.3, -0.25) is 4.79 Å². The van der Waals surface area contributed by atoms with Gasteiger partial charge in [0.25, 0.3) is 5.91 Å². The van der Waals surface area contributed by atoms with Gasteiger partial charge in [-0.05, 0) is 12.1 Å². The van der Waals surface area contributed by atoms with E-state index in [-0.39, 0.29) is 11.5 Å². The largest absolute Gasteiger partial charge is 0.467 e. The average Bonchev–Trinajstić information content (AvgIpc) is 2.97. The molecule has 1 aliphatic heterocycles. The van der Waals surface area contributed by atoms with Gasteiger partial charge in [0.05, 0.1) is 12.8 Å². The minimum atomic E-state index is -0.226. The number of nitriles is 1. The minimum Gasteiger partial charge on any atom is -0.467 e. The second kappa shape index (κ2) is 6.61. The molecule has 6 heteroatoms. The molecule has 1 aromatic rings. The summed E-state index contributed by atoms with van der Waals surface area (Å²) in [6.45, 7) is 3.26. The number of furan rings is 1. The molecule has 1 amide bonds. The molecule has 2 N–H and O–H groups in total. The van der Waals surface area contributed by atoms with Gasteiger partial charge in [-0.15, -0.1) is 0 Å². The van der Waals surface area contributed by atoms with Crippen LogP contribution in [-0.4, -0.2) is 37.0 Å². The van der Waals surface area contributed by atoms with E-state index >= 15 is 0 Å². The van der Waals surface area contributed by atoms with Crippen molar-refractivity contribution < 1.29 is 9.21 Å². The fourth-order valence-corrected chi connectivity index (χ4v) is 1.85. The van der Waals surface area contributed by atoms with Crippen molar-refractivity contribution >= 4 is 5.91 Å². The molecule has 0 bridgehead atoms. The van der Waals surface area contributed by atoms with Crippen molar-refractivity contribution in [2.24, 2.45) is 0 Å². The first-order chi connectivity index (χ1) is 9.31. The van der Waals surface area contributed by atoms with Crippen molar-refractivity contribution in [1.29, 1.82) is 5.26 Å². The fourth-order valence-electron chi connectivity index (χ4n) is 1.85. The predicted molar refractivity (Wildman–Crippen MR) is 68.7 cm³/mol. The Kier molecular flexibility index (Phi) is 4.59. The maximum Gasteiger partial charge on any atom is 0.266 e. The molecule has 1 saturated heterocycles. The molecule has 1 aromatic heterocycles. The van der Waals surface area contributed by atoms with Gasteiger partial charge in [0.2, 0.25) is 0 Å². The molecule has 0 saturated carbocycles. The average molecular weight is 260 g/mol. The number of hydrogen-bond acceptors (Lipinski definition) is 5. The van der Waals surface area contributed by atoms with Crippen molar-refractivity contribution in [3.8, 4) is 6.07 Å². The molecule has 0 unspecified atom stereocenters. The summed E-state index contributed by atoms with van der Waals surface area (Å²) in [6.07, 6.45) is 3.03. The van der Waals surface area contributed by atoms with E-state index in [1.54, 1.807) is 17.2 Å². The summed E-state index contributed by atoms with van der Waals surface area (Å²) in [7, 11) is 0. The molecule has 2 rings (SSSR count). The van der Waals surface area contributed by atoms with Crippen molar-refractivity contribution in [3.63, 3.8) is 0 Å². The number of piperazine rings is 1. The third-order valence-corrected chi connectivity index (χ3v) is 2.86. The zero-order valence-electron chi connectivity index (χ0n) is 10.6. The molecule has 0 aliphatic carbocycles. The summed E-state index contributed by atoms with van der Waals surface area (Å²) in [6, 6.07) is 5.55. The Balaban J connectivity index is 1.91. The van der Waals surface area contributed by atoms with Gasteiger partial charge < -0.3 is 20.0 Å². The summed E-state index contributed by atoms with van der Waals surface area (Å²) in [5.41, 5.74) is 0.119. The minimum absolute atomic E-state index is 0.119. The third kappa shape index (κ3) is 3.60. The van der Waals surface area contributed by atoms with Crippen LogP contribution in [0.5, 0.6) is 0 Å². The molecule has 1 fully saturated rings. The molecular weight excluding hydrogens is 244 g/mol. The van der Waals surface area contributed by atoms with Gasteiger partial charge in [-0.1, -0.05) is 0 Å². The molecular formula is C13H16N4O2. The van der Waals surface area contributed by atoms with Gasteiger partial charge in [0.15, 0.2) is 0 Å². The van der Waals surface area contributed by atoms with Gasteiger partial charge in [0, 0.05) is 32.4 Å². The normalized spacial score (nSPS) is 15.9. The van der Waals surface area contributed by atoms with Crippen molar-refractivity contribution in [2.75, 3.05) is 26.2 Å². The number of hydrogen-bond donors (Lipinski definition) is 2. The summed E-state index contributed by atoms with van der Waals surface area (Å²) in [4.78, 5) is 13.7. The summed E-state index contributed by atoms with van der Waals surface area (Å²) >= 11 is 0. The van der Waals surface area contributed by atoms with Crippen LogP contribution < -0.4 is 10.6 Å². The Labute approximate surface area is 111 Å². The Morgan fingerprint density at radius 3 is 3.00 bits per heavy atom. The number of amides is 1. The maximum absolute atomic E-state index is 12.1. The highest BCUT2D eigenvalue weighted by Gasteiger charge is 2.19. The quantitative estimate of drug-likeness (QED) is 0.597. The number of carbonyl (C=O) groups excluding carboxylic acids is 1.